The summed E-state index contributed by atoms with van der Waals surface area (Å²) in [7, 11) is 0. The summed E-state index contributed by atoms with van der Waals surface area (Å²) in [5, 5.41) is 0. The lowest BCUT2D eigenvalue weighted by atomic mass is 9.77. The SMILES string of the molecule is NC1C=Nc2ccccc2C1(N)Cc1cccc(CN2CCCC2)c1. The molecule has 1 saturated heterocycles. The minimum Gasteiger partial charge on any atom is -0.321 e. The summed E-state index contributed by atoms with van der Waals surface area (Å²) in [6.45, 7) is 3.44. The summed E-state index contributed by atoms with van der Waals surface area (Å²) in [4.78, 5) is 6.98. The van der Waals surface area contributed by atoms with Gasteiger partial charge in [-0.2, -0.15) is 0 Å². The van der Waals surface area contributed by atoms with Gasteiger partial charge in [0.2, 0.25) is 0 Å². The van der Waals surface area contributed by atoms with Crippen LogP contribution in [0.4, 0.5) is 5.69 Å². The highest BCUT2D eigenvalue weighted by Gasteiger charge is 2.38. The highest BCUT2D eigenvalue weighted by molar-refractivity contribution is 5.77. The molecule has 0 aromatic heterocycles. The number of fused-ring (bicyclic) bond motifs is 1. The second kappa shape index (κ2) is 6.71. The summed E-state index contributed by atoms with van der Waals surface area (Å²) < 4.78 is 0. The molecule has 1 fully saturated rings. The van der Waals surface area contributed by atoms with Crippen LogP contribution in [0.1, 0.15) is 29.5 Å². The first-order chi connectivity index (χ1) is 12.1. The summed E-state index contributed by atoms with van der Waals surface area (Å²) in [6.07, 6.45) is 5.13. The lowest BCUT2D eigenvalue weighted by molar-refractivity contribution is 0.331. The van der Waals surface area contributed by atoms with Crippen LogP contribution in [0.25, 0.3) is 0 Å². The van der Waals surface area contributed by atoms with E-state index >= 15 is 0 Å². The van der Waals surface area contributed by atoms with Crippen molar-refractivity contribution in [1.82, 2.24) is 4.90 Å². The Hall–Kier alpha value is -2.01. The average molecular weight is 334 g/mol. The molecule has 4 N–H and O–H groups in total. The predicted octanol–water partition coefficient (Wildman–Crippen LogP) is 2.72. The van der Waals surface area contributed by atoms with E-state index in [1.54, 1.807) is 6.21 Å². The number of rotatable bonds is 4. The van der Waals surface area contributed by atoms with Gasteiger partial charge in [0.1, 0.15) is 0 Å². The quantitative estimate of drug-likeness (QED) is 0.903. The van der Waals surface area contributed by atoms with Gasteiger partial charge in [-0.15, -0.1) is 0 Å². The first-order valence-electron chi connectivity index (χ1n) is 9.13. The number of hydrogen-bond acceptors (Lipinski definition) is 4. The maximum atomic E-state index is 6.83. The van der Waals surface area contributed by atoms with Crippen LogP contribution in [0, 0.1) is 0 Å². The van der Waals surface area contributed by atoms with Gasteiger partial charge in [-0.25, -0.2) is 0 Å². The first-order valence-corrected chi connectivity index (χ1v) is 9.13. The normalized spacial score (nSPS) is 25.9. The van der Waals surface area contributed by atoms with Crippen LogP contribution in [-0.2, 0) is 18.5 Å². The Labute approximate surface area is 149 Å². The van der Waals surface area contributed by atoms with Crippen LogP contribution < -0.4 is 11.5 Å². The van der Waals surface area contributed by atoms with E-state index in [0.717, 1.165) is 17.8 Å². The number of nitrogens with zero attached hydrogens (tertiary/aromatic N) is 2. The molecule has 2 aliphatic rings. The lowest BCUT2D eigenvalue weighted by Gasteiger charge is -2.37. The Bertz CT molecular complexity index is 779. The smallest absolute Gasteiger partial charge is 0.0677 e. The minimum atomic E-state index is -0.620. The van der Waals surface area contributed by atoms with E-state index in [1.807, 2.05) is 18.2 Å². The van der Waals surface area contributed by atoms with Crippen LogP contribution >= 0.6 is 0 Å². The minimum absolute atomic E-state index is 0.287. The second-order valence-electron chi connectivity index (χ2n) is 7.34. The fourth-order valence-corrected chi connectivity index (χ4v) is 4.04. The molecule has 0 bridgehead atoms. The van der Waals surface area contributed by atoms with Gasteiger partial charge in [-0.05, 0) is 55.1 Å². The monoisotopic (exact) mass is 334 g/mol. The van der Waals surface area contributed by atoms with E-state index in [-0.39, 0.29) is 6.04 Å². The third kappa shape index (κ3) is 3.25. The standard InChI is InChI=1S/C21H26N4/c22-20-14-24-19-9-2-1-8-18(19)21(20,23)13-16-6-5-7-17(12-16)15-25-10-3-4-11-25/h1-2,5-9,12,14,20H,3-4,10-11,13,15,22-23H2. The van der Waals surface area contributed by atoms with Crippen molar-refractivity contribution in [2.75, 3.05) is 13.1 Å². The van der Waals surface area contributed by atoms with Crippen LogP contribution in [0.15, 0.2) is 53.5 Å². The second-order valence-corrected chi connectivity index (χ2v) is 7.34. The van der Waals surface area contributed by atoms with Gasteiger partial charge in [0.15, 0.2) is 0 Å². The Morgan fingerprint density at radius 3 is 2.64 bits per heavy atom. The number of para-hydroxylation sites is 1. The Morgan fingerprint density at radius 1 is 1.04 bits per heavy atom. The van der Waals surface area contributed by atoms with Crippen LogP contribution in [0.5, 0.6) is 0 Å². The topological polar surface area (TPSA) is 67.6 Å². The average Bonchev–Trinajstić information content (AvgIpc) is 3.12. The summed E-state index contributed by atoms with van der Waals surface area (Å²) in [5.74, 6) is 0. The van der Waals surface area contributed by atoms with Gasteiger partial charge in [-0.3, -0.25) is 9.89 Å². The highest BCUT2D eigenvalue weighted by Crippen LogP contribution is 2.36. The molecule has 0 amide bonds. The maximum absolute atomic E-state index is 6.83. The first kappa shape index (κ1) is 16.5. The molecule has 4 nitrogen and oxygen atoms in total. The van der Waals surface area contributed by atoms with Crippen molar-refractivity contribution in [3.8, 4) is 0 Å². The van der Waals surface area contributed by atoms with E-state index in [4.69, 9.17) is 11.5 Å². The zero-order valence-corrected chi connectivity index (χ0v) is 14.6. The molecule has 2 unspecified atom stereocenters. The zero-order chi connectivity index (χ0) is 17.3. The molecule has 2 aromatic rings. The number of hydrogen-bond donors (Lipinski definition) is 2. The third-order valence-electron chi connectivity index (χ3n) is 5.47. The molecule has 0 radical (unpaired) electrons. The Morgan fingerprint density at radius 2 is 1.80 bits per heavy atom. The lowest BCUT2D eigenvalue weighted by Crippen LogP contribution is -2.56. The fourth-order valence-electron chi connectivity index (χ4n) is 4.04. The Balaban J connectivity index is 1.59. The van der Waals surface area contributed by atoms with Gasteiger partial charge < -0.3 is 11.5 Å². The van der Waals surface area contributed by atoms with Crippen molar-refractivity contribution >= 4 is 11.9 Å². The maximum Gasteiger partial charge on any atom is 0.0677 e. The van der Waals surface area contributed by atoms with Gasteiger partial charge in [0, 0.05) is 12.8 Å². The van der Waals surface area contributed by atoms with Crippen molar-refractivity contribution in [2.24, 2.45) is 16.5 Å². The molecule has 2 atom stereocenters. The molecule has 4 rings (SSSR count). The van der Waals surface area contributed by atoms with Crippen LogP contribution in [0.3, 0.4) is 0 Å². The molecule has 0 aliphatic carbocycles. The highest BCUT2D eigenvalue weighted by atomic mass is 15.1. The van der Waals surface area contributed by atoms with Gasteiger partial charge in [-0.1, -0.05) is 42.5 Å². The molecule has 0 saturated carbocycles. The van der Waals surface area contributed by atoms with Crippen molar-refractivity contribution < 1.29 is 0 Å². The van der Waals surface area contributed by atoms with Crippen molar-refractivity contribution in [1.29, 1.82) is 0 Å². The molecular formula is C21H26N4. The molecule has 2 heterocycles. The van der Waals surface area contributed by atoms with Crippen molar-refractivity contribution in [2.45, 2.75) is 37.4 Å². The molecule has 2 aromatic carbocycles. The summed E-state index contributed by atoms with van der Waals surface area (Å²) in [5.41, 5.74) is 17.1. The summed E-state index contributed by atoms with van der Waals surface area (Å²) in [6, 6.07) is 16.6. The third-order valence-corrected chi connectivity index (χ3v) is 5.47. The zero-order valence-electron chi connectivity index (χ0n) is 14.6. The number of nitrogens with two attached hydrogens (primary N) is 2. The van der Waals surface area contributed by atoms with Crippen LogP contribution in [-0.4, -0.2) is 30.2 Å². The van der Waals surface area contributed by atoms with Gasteiger partial charge >= 0.3 is 0 Å². The molecule has 130 valence electrons. The van der Waals surface area contributed by atoms with Crippen LogP contribution in [0.2, 0.25) is 0 Å². The number of aliphatic imine (C=N–C) groups is 1. The van der Waals surface area contributed by atoms with E-state index in [1.165, 1.54) is 37.1 Å². The van der Waals surface area contributed by atoms with E-state index in [2.05, 4.69) is 40.2 Å². The molecule has 25 heavy (non-hydrogen) atoms. The van der Waals surface area contributed by atoms with Gasteiger partial charge in [0.05, 0.1) is 17.3 Å². The van der Waals surface area contributed by atoms with E-state index < -0.39 is 5.54 Å². The van der Waals surface area contributed by atoms with Gasteiger partial charge in [0.25, 0.3) is 0 Å². The van der Waals surface area contributed by atoms with Crippen molar-refractivity contribution in [3.05, 3.63) is 65.2 Å². The number of benzene rings is 2. The summed E-state index contributed by atoms with van der Waals surface area (Å²) >= 11 is 0. The van der Waals surface area contributed by atoms with E-state index in [9.17, 15) is 0 Å². The van der Waals surface area contributed by atoms with Crippen molar-refractivity contribution in [3.63, 3.8) is 0 Å². The predicted molar refractivity (Wildman–Crippen MR) is 103 cm³/mol. The van der Waals surface area contributed by atoms with E-state index in [0.29, 0.717) is 6.42 Å². The molecule has 0 spiro atoms. The Kier molecular flexibility index (Phi) is 4.42. The molecular weight excluding hydrogens is 308 g/mol. The largest absolute Gasteiger partial charge is 0.321 e. The molecule has 2 aliphatic heterocycles. The number of likely N-dealkylation sites (tertiary alicyclic amines) is 1. The molecule has 4 heteroatoms. The fraction of sp³-hybridized carbons (Fsp3) is 0.381.